The summed E-state index contributed by atoms with van der Waals surface area (Å²) in [5, 5.41) is 25.5. The van der Waals surface area contributed by atoms with E-state index >= 15 is 0 Å². The van der Waals surface area contributed by atoms with Crippen molar-refractivity contribution in [3.05, 3.63) is 52.8 Å². The third-order valence-corrected chi connectivity index (χ3v) is 9.31. The maximum atomic E-state index is 14.1. The molecular formula is C31H29FN2O9. The van der Waals surface area contributed by atoms with Gasteiger partial charge in [0.05, 0.1) is 11.5 Å². The zero-order valence-corrected chi connectivity index (χ0v) is 22.9. The Bertz CT molecular complexity index is 1600. The Morgan fingerprint density at radius 2 is 1.81 bits per heavy atom. The number of aromatic hydroxyl groups is 1. The van der Waals surface area contributed by atoms with E-state index in [1.807, 2.05) is 0 Å². The van der Waals surface area contributed by atoms with E-state index in [-0.39, 0.29) is 30.5 Å². The highest BCUT2D eigenvalue weighted by Crippen LogP contribution is 2.51. The van der Waals surface area contributed by atoms with Gasteiger partial charge in [-0.25, -0.2) is 4.39 Å². The Balaban J connectivity index is 1.43. The number of phenols is 1. The number of nitrogens with two attached hydrogens (primary N) is 1. The Morgan fingerprint density at radius 1 is 1.09 bits per heavy atom. The molecule has 2 amide bonds. The van der Waals surface area contributed by atoms with Crippen LogP contribution in [-0.2, 0) is 41.7 Å². The van der Waals surface area contributed by atoms with Crippen molar-refractivity contribution in [3.63, 3.8) is 0 Å². The molecule has 224 valence electrons. The lowest BCUT2D eigenvalue weighted by atomic mass is 9.53. The first-order valence-corrected chi connectivity index (χ1v) is 14.1. The molecule has 3 fully saturated rings. The normalized spacial score (nSPS) is 30.0. The number of benzene rings is 2. The minimum atomic E-state index is -2.76. The van der Waals surface area contributed by atoms with Gasteiger partial charge in [0.15, 0.2) is 34.7 Å². The summed E-state index contributed by atoms with van der Waals surface area (Å²) in [4.78, 5) is 78.2. The van der Waals surface area contributed by atoms with Crippen LogP contribution in [0.1, 0.15) is 47.2 Å². The van der Waals surface area contributed by atoms with E-state index in [1.54, 1.807) is 6.07 Å². The van der Waals surface area contributed by atoms with Gasteiger partial charge in [0.25, 0.3) is 0 Å². The fourth-order valence-corrected chi connectivity index (χ4v) is 7.19. The number of carbonyl (C=O) groups is 6. The summed E-state index contributed by atoms with van der Waals surface area (Å²) < 4.78 is 19.2. The van der Waals surface area contributed by atoms with Gasteiger partial charge < -0.3 is 26.0 Å². The molecule has 2 saturated carbocycles. The van der Waals surface area contributed by atoms with Gasteiger partial charge in [0, 0.05) is 31.1 Å². The van der Waals surface area contributed by atoms with Gasteiger partial charge in [-0.15, -0.1) is 0 Å². The average molecular weight is 593 g/mol. The second-order valence-corrected chi connectivity index (χ2v) is 11.8. The van der Waals surface area contributed by atoms with Gasteiger partial charge in [-0.05, 0) is 66.5 Å². The lowest BCUT2D eigenvalue weighted by Gasteiger charge is -2.48. The Labute approximate surface area is 244 Å². The first kappa shape index (κ1) is 28.8. The fourth-order valence-electron chi connectivity index (χ4n) is 7.19. The smallest absolute Gasteiger partial charge is 0.249 e. The molecule has 3 aliphatic carbocycles. The van der Waals surface area contributed by atoms with Crippen LogP contribution in [0.2, 0.25) is 0 Å². The van der Waals surface area contributed by atoms with Gasteiger partial charge in [0.1, 0.15) is 17.7 Å². The monoisotopic (exact) mass is 592 g/mol. The third kappa shape index (κ3) is 4.47. The SMILES string of the molecule is NC(=O)C1C(=O)C[C@@H]2C[C@@H]3Cc4c(-c5ccc(F)cc5)cc(CNC(=O)C5CCCO5)c(O)c4C(=O)C3C(=O)[C@]2(O)C1=O. The Morgan fingerprint density at radius 3 is 2.47 bits per heavy atom. The van der Waals surface area contributed by atoms with Crippen LogP contribution in [0.15, 0.2) is 30.3 Å². The molecule has 5 N–H and O–H groups in total. The lowest BCUT2D eigenvalue weighted by Crippen LogP contribution is -2.68. The van der Waals surface area contributed by atoms with Crippen LogP contribution in [-0.4, -0.2) is 63.5 Å². The molecule has 6 rings (SSSR count). The molecule has 0 radical (unpaired) electrons. The predicted molar refractivity (Wildman–Crippen MR) is 145 cm³/mol. The van der Waals surface area contributed by atoms with E-state index in [0.717, 1.165) is 6.42 Å². The summed E-state index contributed by atoms with van der Waals surface area (Å²) in [7, 11) is 0. The number of ketones is 4. The molecule has 6 atom stereocenters. The number of aliphatic hydroxyl groups is 1. The summed E-state index contributed by atoms with van der Waals surface area (Å²) in [5.74, 6) is -12.1. The summed E-state index contributed by atoms with van der Waals surface area (Å²) >= 11 is 0. The van der Waals surface area contributed by atoms with Crippen molar-refractivity contribution in [3.8, 4) is 16.9 Å². The van der Waals surface area contributed by atoms with Gasteiger partial charge in [-0.3, -0.25) is 28.8 Å². The maximum Gasteiger partial charge on any atom is 0.249 e. The molecule has 1 heterocycles. The van der Waals surface area contributed by atoms with Crippen LogP contribution < -0.4 is 11.1 Å². The van der Waals surface area contributed by atoms with Gasteiger partial charge in [0.2, 0.25) is 11.8 Å². The second-order valence-electron chi connectivity index (χ2n) is 11.8. The number of halogens is 1. The van der Waals surface area contributed by atoms with Crippen LogP contribution in [0.5, 0.6) is 5.75 Å². The minimum absolute atomic E-state index is 0.0517. The van der Waals surface area contributed by atoms with Crippen LogP contribution in [0.4, 0.5) is 4.39 Å². The number of hydrogen-bond donors (Lipinski definition) is 4. The summed E-state index contributed by atoms with van der Waals surface area (Å²) in [6.07, 6.45) is 0.198. The molecule has 3 unspecified atom stereocenters. The fraction of sp³-hybridized carbons (Fsp3) is 0.419. The molecule has 11 nitrogen and oxygen atoms in total. The number of amides is 2. The molecule has 12 heteroatoms. The number of hydrogen-bond acceptors (Lipinski definition) is 9. The molecular weight excluding hydrogens is 563 g/mol. The minimum Gasteiger partial charge on any atom is -0.507 e. The zero-order chi connectivity index (χ0) is 30.8. The summed E-state index contributed by atoms with van der Waals surface area (Å²) in [6.45, 7) is 0.264. The Hall–Kier alpha value is -4.29. The predicted octanol–water partition coefficient (Wildman–Crippen LogP) is 0.928. The molecule has 0 bridgehead atoms. The second kappa shape index (κ2) is 10.5. The van der Waals surface area contributed by atoms with Crippen molar-refractivity contribution in [2.75, 3.05) is 6.61 Å². The number of nitrogens with one attached hydrogen (secondary N) is 1. The number of phenolic OH excluding ortho intramolecular Hbond substituents is 1. The van der Waals surface area contributed by atoms with E-state index < -0.39 is 88.3 Å². The molecule has 43 heavy (non-hydrogen) atoms. The molecule has 0 spiro atoms. The van der Waals surface area contributed by atoms with Crippen molar-refractivity contribution >= 4 is 34.9 Å². The number of primary amides is 1. The highest BCUT2D eigenvalue weighted by atomic mass is 19.1. The van der Waals surface area contributed by atoms with Crippen molar-refractivity contribution in [1.29, 1.82) is 0 Å². The third-order valence-electron chi connectivity index (χ3n) is 9.31. The number of fused-ring (bicyclic) bond motifs is 3. The molecule has 2 aromatic rings. The zero-order valence-electron chi connectivity index (χ0n) is 22.9. The van der Waals surface area contributed by atoms with Crippen molar-refractivity contribution in [1.82, 2.24) is 5.32 Å². The molecule has 4 aliphatic rings. The number of carbonyl (C=O) groups excluding carboxylic acids is 6. The number of ether oxygens (including phenoxy) is 1. The molecule has 2 aromatic carbocycles. The highest BCUT2D eigenvalue weighted by Gasteiger charge is 2.66. The maximum absolute atomic E-state index is 14.1. The topological polar surface area (TPSA) is 190 Å². The standard InChI is InChI=1S/C31H29FN2O9/c32-17-5-3-13(4-6-17)18-10-15(12-34-30(41)21-2-1-7-43-21)25(36)23-19(18)9-14-8-16-11-20(35)24(29(33)40)28(39)31(16,42)27(38)22(14)26(23)37/h3-6,10,14,16,21-22,24,36,42H,1-2,7-9,11-12H2,(H2,33,40)(H,34,41)/t14-,16+,21?,22?,24?,31+/m1/s1. The van der Waals surface area contributed by atoms with Crippen LogP contribution >= 0.6 is 0 Å². The first-order chi connectivity index (χ1) is 20.4. The van der Waals surface area contributed by atoms with Crippen LogP contribution in [0, 0.1) is 29.5 Å². The quantitative estimate of drug-likeness (QED) is 0.366. The van der Waals surface area contributed by atoms with E-state index in [0.29, 0.717) is 29.7 Å². The van der Waals surface area contributed by atoms with Gasteiger partial charge in [-0.2, -0.15) is 0 Å². The number of Topliss-reactive ketones (excluding diaryl/α,β-unsaturated/α-hetero) is 4. The van der Waals surface area contributed by atoms with E-state index in [4.69, 9.17) is 10.5 Å². The molecule has 1 saturated heterocycles. The molecule has 1 aliphatic heterocycles. The van der Waals surface area contributed by atoms with Gasteiger partial charge in [-0.1, -0.05) is 12.1 Å². The lowest BCUT2D eigenvalue weighted by molar-refractivity contribution is -0.175. The number of rotatable bonds is 5. The van der Waals surface area contributed by atoms with E-state index in [2.05, 4.69) is 5.32 Å². The first-order valence-electron chi connectivity index (χ1n) is 14.1. The largest absolute Gasteiger partial charge is 0.507 e. The highest BCUT2D eigenvalue weighted by molar-refractivity contribution is 6.31. The van der Waals surface area contributed by atoms with Crippen LogP contribution in [0.3, 0.4) is 0 Å². The molecule has 0 aromatic heterocycles. The average Bonchev–Trinajstić information content (AvgIpc) is 3.50. The van der Waals surface area contributed by atoms with Gasteiger partial charge >= 0.3 is 0 Å². The van der Waals surface area contributed by atoms with Crippen molar-refractivity contribution in [2.24, 2.45) is 29.4 Å². The summed E-state index contributed by atoms with van der Waals surface area (Å²) in [6, 6.07) is 7.07. The van der Waals surface area contributed by atoms with E-state index in [9.17, 15) is 43.4 Å². The van der Waals surface area contributed by atoms with Crippen molar-refractivity contribution < 1.29 is 48.1 Å². The summed E-state index contributed by atoms with van der Waals surface area (Å²) in [5.41, 5.74) is 3.80. The Kier molecular flexibility index (Phi) is 7.01. The van der Waals surface area contributed by atoms with Crippen LogP contribution in [0.25, 0.3) is 11.1 Å². The van der Waals surface area contributed by atoms with Crippen molar-refractivity contribution in [2.45, 2.75) is 50.4 Å². The van der Waals surface area contributed by atoms with E-state index in [1.165, 1.54) is 24.3 Å².